The number of hydrogen-bond donors (Lipinski definition) is 0. The van der Waals surface area contributed by atoms with Gasteiger partial charge in [-0.3, -0.25) is 4.68 Å². The van der Waals surface area contributed by atoms with Gasteiger partial charge in [-0.05, 0) is 26.0 Å². The van der Waals surface area contributed by atoms with Gasteiger partial charge >= 0.3 is 5.63 Å². The van der Waals surface area contributed by atoms with Crippen molar-refractivity contribution in [2.24, 2.45) is 7.05 Å². The van der Waals surface area contributed by atoms with Gasteiger partial charge in [0.2, 0.25) is 0 Å². The molecule has 2 aromatic heterocycles. The summed E-state index contributed by atoms with van der Waals surface area (Å²) in [6, 6.07) is 5.77. The second kappa shape index (κ2) is 3.20. The smallest absolute Gasteiger partial charge is 0.347 e. The van der Waals surface area contributed by atoms with Gasteiger partial charge in [0, 0.05) is 12.4 Å². The predicted octanol–water partition coefficient (Wildman–Crippen LogP) is 2.30. The van der Waals surface area contributed by atoms with E-state index >= 15 is 0 Å². The third-order valence-electron chi connectivity index (χ3n) is 3.02. The van der Waals surface area contributed by atoms with Crippen molar-refractivity contribution in [3.63, 3.8) is 0 Å². The molecule has 0 saturated heterocycles. The molecule has 0 saturated carbocycles. The number of aryl methyl sites for hydroxylation is 3. The molecule has 86 valence electrons. The van der Waals surface area contributed by atoms with E-state index in [2.05, 4.69) is 5.10 Å². The van der Waals surface area contributed by atoms with E-state index in [4.69, 9.17) is 4.42 Å². The molecule has 3 rings (SSSR count). The molecule has 0 unspecified atom stereocenters. The highest BCUT2D eigenvalue weighted by molar-refractivity contribution is 6.03. The zero-order valence-electron chi connectivity index (χ0n) is 9.94. The fraction of sp³-hybridized carbons (Fsp3) is 0.231. The van der Waals surface area contributed by atoms with E-state index in [-0.39, 0.29) is 5.63 Å². The molecule has 0 bridgehead atoms. The lowest BCUT2D eigenvalue weighted by Gasteiger charge is -2.01. The molecule has 4 nitrogen and oxygen atoms in total. The summed E-state index contributed by atoms with van der Waals surface area (Å²) >= 11 is 0. The first-order chi connectivity index (χ1) is 8.08. The van der Waals surface area contributed by atoms with Crippen molar-refractivity contribution >= 4 is 21.9 Å². The lowest BCUT2D eigenvalue weighted by molar-refractivity contribution is 0.569. The van der Waals surface area contributed by atoms with Gasteiger partial charge < -0.3 is 4.42 Å². The van der Waals surface area contributed by atoms with E-state index in [1.807, 2.05) is 39.1 Å². The summed E-state index contributed by atoms with van der Waals surface area (Å²) in [6.07, 6.45) is 0. The van der Waals surface area contributed by atoms with Crippen LogP contribution in [0.5, 0.6) is 0 Å². The van der Waals surface area contributed by atoms with Crippen LogP contribution in [0, 0.1) is 13.8 Å². The monoisotopic (exact) mass is 228 g/mol. The molecule has 2 heterocycles. The maximum absolute atomic E-state index is 11.9. The van der Waals surface area contributed by atoms with Gasteiger partial charge in [0.15, 0.2) is 0 Å². The zero-order chi connectivity index (χ0) is 12.2. The Hall–Kier alpha value is -2.10. The van der Waals surface area contributed by atoms with E-state index < -0.39 is 0 Å². The molecular formula is C13H12N2O2. The Labute approximate surface area is 97.5 Å². The summed E-state index contributed by atoms with van der Waals surface area (Å²) in [5, 5.41) is 5.80. The van der Waals surface area contributed by atoms with Crippen LogP contribution in [0.4, 0.5) is 0 Å². The molecule has 0 spiro atoms. The third kappa shape index (κ3) is 1.30. The van der Waals surface area contributed by atoms with Gasteiger partial charge in [-0.25, -0.2) is 4.79 Å². The Kier molecular flexibility index (Phi) is 1.90. The zero-order valence-corrected chi connectivity index (χ0v) is 9.94. The SMILES string of the molecule is Cc1ccc2oc(=O)c3c(C)nn(C)c3c2c1. The topological polar surface area (TPSA) is 48.0 Å². The molecule has 0 aliphatic carbocycles. The van der Waals surface area contributed by atoms with E-state index in [0.29, 0.717) is 16.7 Å². The molecule has 0 aliphatic rings. The second-order valence-electron chi connectivity index (χ2n) is 4.32. The maximum Gasteiger partial charge on any atom is 0.347 e. The molecule has 0 aliphatic heterocycles. The van der Waals surface area contributed by atoms with Crippen LogP contribution in [0.25, 0.3) is 21.9 Å². The van der Waals surface area contributed by atoms with Crippen molar-refractivity contribution in [3.05, 3.63) is 39.9 Å². The van der Waals surface area contributed by atoms with Gasteiger partial charge in [0.25, 0.3) is 0 Å². The minimum atomic E-state index is -0.318. The van der Waals surface area contributed by atoms with Gasteiger partial charge in [0.05, 0.1) is 11.2 Å². The van der Waals surface area contributed by atoms with Gasteiger partial charge in [-0.2, -0.15) is 5.10 Å². The minimum Gasteiger partial charge on any atom is -0.422 e. The quantitative estimate of drug-likeness (QED) is 0.555. The minimum absolute atomic E-state index is 0.318. The Morgan fingerprint density at radius 3 is 2.82 bits per heavy atom. The Bertz CT molecular complexity index is 796. The Balaban J connectivity index is 2.71. The largest absolute Gasteiger partial charge is 0.422 e. The number of hydrogen-bond acceptors (Lipinski definition) is 3. The van der Waals surface area contributed by atoms with E-state index in [1.165, 1.54) is 0 Å². The van der Waals surface area contributed by atoms with Crippen LogP contribution < -0.4 is 5.63 Å². The first-order valence-corrected chi connectivity index (χ1v) is 5.44. The summed E-state index contributed by atoms with van der Waals surface area (Å²) in [4.78, 5) is 11.9. The number of fused-ring (bicyclic) bond motifs is 3. The Morgan fingerprint density at radius 2 is 2.06 bits per heavy atom. The van der Waals surface area contributed by atoms with Crippen molar-refractivity contribution in [2.75, 3.05) is 0 Å². The number of aromatic nitrogens is 2. The number of benzene rings is 1. The van der Waals surface area contributed by atoms with Gasteiger partial charge in [-0.1, -0.05) is 11.6 Å². The fourth-order valence-corrected chi connectivity index (χ4v) is 2.28. The van der Waals surface area contributed by atoms with E-state index in [0.717, 1.165) is 16.5 Å². The summed E-state index contributed by atoms with van der Waals surface area (Å²) in [5.74, 6) is 0. The summed E-state index contributed by atoms with van der Waals surface area (Å²) in [6.45, 7) is 3.83. The third-order valence-corrected chi connectivity index (χ3v) is 3.02. The van der Waals surface area contributed by atoms with Crippen molar-refractivity contribution in [2.45, 2.75) is 13.8 Å². The molecule has 0 N–H and O–H groups in total. The van der Waals surface area contributed by atoms with Crippen LogP contribution in [0.15, 0.2) is 27.4 Å². The highest BCUT2D eigenvalue weighted by Crippen LogP contribution is 2.24. The molecule has 0 atom stereocenters. The van der Waals surface area contributed by atoms with Gasteiger partial charge in [0.1, 0.15) is 11.0 Å². The molecule has 4 heteroatoms. The number of rotatable bonds is 0. The highest BCUT2D eigenvalue weighted by atomic mass is 16.4. The average Bonchev–Trinajstić information content (AvgIpc) is 2.56. The van der Waals surface area contributed by atoms with Crippen LogP contribution in [0.1, 0.15) is 11.3 Å². The lowest BCUT2D eigenvalue weighted by atomic mass is 10.1. The van der Waals surface area contributed by atoms with Crippen LogP contribution >= 0.6 is 0 Å². The predicted molar refractivity (Wildman–Crippen MR) is 66.2 cm³/mol. The summed E-state index contributed by atoms with van der Waals surface area (Å²) < 4.78 is 7.05. The lowest BCUT2D eigenvalue weighted by Crippen LogP contribution is -2.00. The highest BCUT2D eigenvalue weighted by Gasteiger charge is 2.14. The van der Waals surface area contributed by atoms with Crippen molar-refractivity contribution in [3.8, 4) is 0 Å². The fourth-order valence-electron chi connectivity index (χ4n) is 2.28. The van der Waals surface area contributed by atoms with Crippen LogP contribution in [-0.4, -0.2) is 9.78 Å². The van der Waals surface area contributed by atoms with E-state index in [1.54, 1.807) is 4.68 Å². The van der Waals surface area contributed by atoms with Crippen LogP contribution in [-0.2, 0) is 7.05 Å². The van der Waals surface area contributed by atoms with Crippen molar-refractivity contribution in [1.29, 1.82) is 0 Å². The van der Waals surface area contributed by atoms with Gasteiger partial charge in [-0.15, -0.1) is 0 Å². The Morgan fingerprint density at radius 1 is 1.29 bits per heavy atom. The maximum atomic E-state index is 11.9. The van der Waals surface area contributed by atoms with Crippen molar-refractivity contribution < 1.29 is 4.42 Å². The molecule has 0 fully saturated rings. The molecule has 0 radical (unpaired) electrons. The second-order valence-corrected chi connectivity index (χ2v) is 4.32. The summed E-state index contributed by atoms with van der Waals surface area (Å²) in [5.41, 5.74) is 2.97. The van der Waals surface area contributed by atoms with E-state index in [9.17, 15) is 4.79 Å². The average molecular weight is 228 g/mol. The molecular weight excluding hydrogens is 216 g/mol. The summed E-state index contributed by atoms with van der Waals surface area (Å²) in [7, 11) is 1.84. The van der Waals surface area contributed by atoms with Crippen LogP contribution in [0.3, 0.4) is 0 Å². The first kappa shape index (κ1) is 10.1. The normalized spacial score (nSPS) is 11.5. The molecule has 0 amide bonds. The number of nitrogens with zero attached hydrogens (tertiary/aromatic N) is 2. The molecule has 17 heavy (non-hydrogen) atoms. The standard InChI is InChI=1S/C13H12N2O2/c1-7-4-5-10-9(6-7)12-11(13(16)17-10)8(2)14-15(12)3/h4-6H,1-3H3. The first-order valence-electron chi connectivity index (χ1n) is 5.44. The van der Waals surface area contributed by atoms with Crippen molar-refractivity contribution in [1.82, 2.24) is 9.78 Å². The molecule has 3 aromatic rings. The van der Waals surface area contributed by atoms with Crippen LogP contribution in [0.2, 0.25) is 0 Å². The molecule has 1 aromatic carbocycles.